The molecule has 1 unspecified atom stereocenters. The summed E-state index contributed by atoms with van der Waals surface area (Å²) in [7, 11) is 0. The minimum atomic E-state index is -0.385. The second-order valence-corrected chi connectivity index (χ2v) is 6.12. The molecule has 112 valence electrons. The zero-order valence-corrected chi connectivity index (χ0v) is 13.0. The molecule has 0 radical (unpaired) electrons. The second kappa shape index (κ2) is 6.85. The number of aromatic nitrogens is 2. The van der Waals surface area contributed by atoms with E-state index in [2.05, 4.69) is 10.1 Å². The lowest BCUT2D eigenvalue weighted by Crippen LogP contribution is -2.15. The fraction of sp³-hybridized carbons (Fsp3) is 0.400. The van der Waals surface area contributed by atoms with Crippen molar-refractivity contribution in [3.63, 3.8) is 0 Å². The highest BCUT2D eigenvalue weighted by atomic mass is 32.2. The Morgan fingerprint density at radius 2 is 2.10 bits per heavy atom. The van der Waals surface area contributed by atoms with Crippen molar-refractivity contribution in [3.8, 4) is 0 Å². The van der Waals surface area contributed by atoms with Gasteiger partial charge in [-0.3, -0.25) is 4.79 Å². The maximum Gasteiger partial charge on any atom is 0.237 e. The fourth-order valence-electron chi connectivity index (χ4n) is 2.08. The highest BCUT2D eigenvalue weighted by Gasteiger charge is 2.26. The van der Waals surface area contributed by atoms with Crippen LogP contribution >= 0.6 is 11.8 Å². The van der Waals surface area contributed by atoms with Gasteiger partial charge in [0, 0.05) is 4.90 Å². The molecule has 0 spiro atoms. The van der Waals surface area contributed by atoms with Gasteiger partial charge in [-0.15, -0.1) is 11.8 Å². The molecule has 1 atom stereocenters. The third kappa shape index (κ3) is 3.91. The van der Waals surface area contributed by atoms with Crippen molar-refractivity contribution in [2.24, 2.45) is 5.92 Å². The zero-order chi connectivity index (χ0) is 15.4. The summed E-state index contributed by atoms with van der Waals surface area (Å²) < 4.78 is 18.7. The smallest absolute Gasteiger partial charge is 0.237 e. The molecule has 0 aliphatic heterocycles. The van der Waals surface area contributed by atoms with E-state index in [0.717, 1.165) is 0 Å². The highest BCUT2D eigenvalue weighted by Crippen LogP contribution is 2.27. The summed E-state index contributed by atoms with van der Waals surface area (Å²) in [5.74, 6) is 0.635. The van der Waals surface area contributed by atoms with Crippen molar-refractivity contribution >= 4 is 17.5 Å². The van der Waals surface area contributed by atoms with Crippen LogP contribution in [-0.2, 0) is 10.5 Å². The van der Waals surface area contributed by atoms with Gasteiger partial charge < -0.3 is 4.52 Å². The highest BCUT2D eigenvalue weighted by molar-refractivity contribution is 7.98. The minimum absolute atomic E-state index is 0.00181. The first-order valence-corrected chi connectivity index (χ1v) is 7.68. The Morgan fingerprint density at radius 3 is 2.71 bits per heavy atom. The Bertz CT molecular complexity index is 628. The van der Waals surface area contributed by atoms with E-state index in [0.29, 0.717) is 22.4 Å². The number of rotatable bonds is 6. The van der Waals surface area contributed by atoms with E-state index in [-0.39, 0.29) is 23.4 Å². The first-order valence-electron chi connectivity index (χ1n) is 6.69. The van der Waals surface area contributed by atoms with E-state index < -0.39 is 0 Å². The maximum atomic E-state index is 13.5. The monoisotopic (exact) mass is 308 g/mol. The molecular weight excluding hydrogens is 291 g/mol. The first-order chi connectivity index (χ1) is 9.99. The Hall–Kier alpha value is -1.69. The van der Waals surface area contributed by atoms with Crippen LogP contribution in [0.15, 0.2) is 33.7 Å². The predicted octanol–water partition coefficient (Wildman–Crippen LogP) is 3.83. The molecule has 4 nitrogen and oxygen atoms in total. The quantitative estimate of drug-likeness (QED) is 0.759. The molecule has 0 bridgehead atoms. The van der Waals surface area contributed by atoms with Gasteiger partial charge in [-0.05, 0) is 25.0 Å². The summed E-state index contributed by atoms with van der Waals surface area (Å²) >= 11 is 1.30. The lowest BCUT2D eigenvalue weighted by atomic mass is 9.92. The molecule has 0 saturated carbocycles. The van der Waals surface area contributed by atoms with E-state index in [1.54, 1.807) is 18.2 Å². The lowest BCUT2D eigenvalue weighted by molar-refractivity contribution is -0.119. The predicted molar refractivity (Wildman–Crippen MR) is 78.5 cm³/mol. The van der Waals surface area contributed by atoms with Crippen LogP contribution in [0.25, 0.3) is 0 Å². The molecular formula is C15H17FN2O2S. The molecule has 6 heteroatoms. The summed E-state index contributed by atoms with van der Waals surface area (Å²) in [4.78, 5) is 16.4. The van der Waals surface area contributed by atoms with Gasteiger partial charge in [-0.1, -0.05) is 31.1 Å². The lowest BCUT2D eigenvalue weighted by Gasteiger charge is -2.12. The van der Waals surface area contributed by atoms with Gasteiger partial charge in [-0.25, -0.2) is 4.39 Å². The van der Waals surface area contributed by atoms with Crippen LogP contribution in [0.4, 0.5) is 4.39 Å². The standard InChI is InChI=1S/C15H17FN2O2S/c1-9(2)14(10(3)19)15-17-13(18-20-15)8-21-12-7-5-4-6-11(12)16/h4-7,9,14H,8H2,1-3H3. The van der Waals surface area contributed by atoms with E-state index in [4.69, 9.17) is 4.52 Å². The molecule has 2 rings (SSSR count). The average molecular weight is 308 g/mol. The van der Waals surface area contributed by atoms with Gasteiger partial charge in [0.05, 0.1) is 11.7 Å². The molecule has 1 heterocycles. The molecule has 0 amide bonds. The van der Waals surface area contributed by atoms with Crippen LogP contribution in [-0.4, -0.2) is 15.9 Å². The van der Waals surface area contributed by atoms with Crippen LogP contribution in [0.3, 0.4) is 0 Å². The summed E-state index contributed by atoms with van der Waals surface area (Å²) in [5, 5.41) is 3.87. The summed E-state index contributed by atoms with van der Waals surface area (Å²) in [5.41, 5.74) is 0. The number of benzene rings is 1. The average Bonchev–Trinajstić information content (AvgIpc) is 2.85. The Balaban J connectivity index is 2.07. The SMILES string of the molecule is CC(=O)C(c1nc(CSc2ccccc2F)no1)C(C)C. The molecule has 0 saturated heterocycles. The van der Waals surface area contributed by atoms with Crippen LogP contribution in [0.1, 0.15) is 38.4 Å². The number of carbonyl (C=O) groups is 1. The van der Waals surface area contributed by atoms with Crippen LogP contribution in [0.5, 0.6) is 0 Å². The number of thioether (sulfide) groups is 1. The van der Waals surface area contributed by atoms with Gasteiger partial charge >= 0.3 is 0 Å². The number of hydrogen-bond donors (Lipinski definition) is 0. The van der Waals surface area contributed by atoms with Crippen LogP contribution in [0.2, 0.25) is 0 Å². The number of hydrogen-bond acceptors (Lipinski definition) is 5. The third-order valence-corrected chi connectivity index (χ3v) is 4.09. The Morgan fingerprint density at radius 1 is 1.38 bits per heavy atom. The van der Waals surface area contributed by atoms with Gasteiger partial charge in [0.2, 0.25) is 5.89 Å². The maximum absolute atomic E-state index is 13.5. The van der Waals surface area contributed by atoms with Gasteiger partial charge in [0.1, 0.15) is 11.6 Å². The van der Waals surface area contributed by atoms with Gasteiger partial charge in [0.15, 0.2) is 5.82 Å². The molecule has 0 aliphatic rings. The summed E-state index contributed by atoms with van der Waals surface area (Å²) in [6.45, 7) is 5.39. The summed E-state index contributed by atoms with van der Waals surface area (Å²) in [6.07, 6.45) is 0. The molecule has 1 aromatic heterocycles. The Kier molecular flexibility index (Phi) is 5.12. The number of halogens is 1. The first kappa shape index (κ1) is 15.7. The topological polar surface area (TPSA) is 56.0 Å². The number of carbonyl (C=O) groups excluding carboxylic acids is 1. The summed E-state index contributed by atoms with van der Waals surface area (Å²) in [6, 6.07) is 6.53. The molecule has 2 aromatic rings. The third-order valence-electron chi connectivity index (χ3n) is 3.05. The zero-order valence-electron chi connectivity index (χ0n) is 12.2. The number of ketones is 1. The van der Waals surface area contributed by atoms with Crippen LogP contribution in [0, 0.1) is 11.7 Å². The molecule has 0 N–H and O–H groups in total. The second-order valence-electron chi connectivity index (χ2n) is 5.10. The molecule has 1 aromatic carbocycles. The van der Waals surface area contributed by atoms with Gasteiger partial charge in [-0.2, -0.15) is 4.98 Å². The normalized spacial score (nSPS) is 12.6. The van der Waals surface area contributed by atoms with Crippen molar-refractivity contribution in [2.75, 3.05) is 0 Å². The number of Topliss-reactive ketones (excluding diaryl/α,β-unsaturated/α-hetero) is 1. The molecule has 21 heavy (non-hydrogen) atoms. The fourth-order valence-corrected chi connectivity index (χ4v) is 2.87. The largest absolute Gasteiger partial charge is 0.339 e. The Labute approximate surface area is 127 Å². The van der Waals surface area contributed by atoms with E-state index in [1.165, 1.54) is 24.8 Å². The van der Waals surface area contributed by atoms with Crippen LogP contribution < -0.4 is 0 Å². The van der Waals surface area contributed by atoms with Crippen molar-refractivity contribution in [1.29, 1.82) is 0 Å². The molecule has 0 fully saturated rings. The minimum Gasteiger partial charge on any atom is -0.339 e. The van der Waals surface area contributed by atoms with Crippen molar-refractivity contribution < 1.29 is 13.7 Å². The number of nitrogens with zero attached hydrogens (tertiary/aromatic N) is 2. The van der Waals surface area contributed by atoms with Crippen molar-refractivity contribution in [1.82, 2.24) is 10.1 Å². The van der Waals surface area contributed by atoms with Gasteiger partial charge in [0.25, 0.3) is 0 Å². The molecule has 0 aliphatic carbocycles. The van der Waals surface area contributed by atoms with Crippen molar-refractivity contribution in [2.45, 2.75) is 37.3 Å². The van der Waals surface area contributed by atoms with E-state index in [1.807, 2.05) is 13.8 Å². The van der Waals surface area contributed by atoms with Crippen molar-refractivity contribution in [3.05, 3.63) is 41.8 Å². The van der Waals surface area contributed by atoms with E-state index >= 15 is 0 Å². The van der Waals surface area contributed by atoms with E-state index in [9.17, 15) is 9.18 Å².